The van der Waals surface area contributed by atoms with E-state index < -0.39 is 49.5 Å². The summed E-state index contributed by atoms with van der Waals surface area (Å²) in [6.45, 7) is 3.87. The van der Waals surface area contributed by atoms with Gasteiger partial charge in [0.15, 0.2) is 6.29 Å². The molecular weight excluding hydrogens is 815 g/mol. The Labute approximate surface area is 402 Å². The Balaban J connectivity index is 2.13. The van der Waals surface area contributed by atoms with Crippen molar-refractivity contribution in [1.82, 2.24) is 5.32 Å². The summed E-state index contributed by atoms with van der Waals surface area (Å²) in [5.41, 5.74) is 0. The van der Waals surface area contributed by atoms with Gasteiger partial charge >= 0.3 is 0 Å². The van der Waals surface area contributed by atoms with Crippen LogP contribution in [0.15, 0.2) is 0 Å². The van der Waals surface area contributed by atoms with Crippen molar-refractivity contribution in [1.29, 1.82) is 0 Å². The first-order chi connectivity index (χ1) is 31.8. The van der Waals surface area contributed by atoms with E-state index in [1.165, 1.54) is 231 Å². The van der Waals surface area contributed by atoms with Crippen LogP contribution < -0.4 is 5.32 Å². The van der Waals surface area contributed by atoms with Gasteiger partial charge in [0.1, 0.15) is 24.4 Å². The van der Waals surface area contributed by atoms with E-state index in [9.17, 15) is 30.3 Å². The molecule has 0 aromatic rings. The van der Waals surface area contributed by atoms with Gasteiger partial charge in [-0.3, -0.25) is 4.79 Å². The zero-order valence-electron chi connectivity index (χ0n) is 43.0. The molecule has 0 bridgehead atoms. The Morgan fingerprint density at radius 3 is 1.09 bits per heavy atom. The van der Waals surface area contributed by atoms with Crippen LogP contribution in [0.2, 0.25) is 0 Å². The van der Waals surface area contributed by atoms with E-state index in [-0.39, 0.29) is 12.5 Å². The largest absolute Gasteiger partial charge is 0.394 e. The molecule has 1 heterocycles. The molecule has 0 saturated carbocycles. The molecule has 65 heavy (non-hydrogen) atoms. The molecule has 7 unspecified atom stereocenters. The third kappa shape index (κ3) is 36.8. The maximum Gasteiger partial charge on any atom is 0.220 e. The molecule has 1 amide bonds. The molecule has 1 rings (SSSR count). The van der Waals surface area contributed by atoms with Crippen LogP contribution >= 0.6 is 0 Å². The van der Waals surface area contributed by atoms with Crippen LogP contribution in [0, 0.1) is 0 Å². The maximum absolute atomic E-state index is 13.1. The summed E-state index contributed by atoms with van der Waals surface area (Å²) in [5.74, 6) is -0.137. The lowest BCUT2D eigenvalue weighted by Crippen LogP contribution is -2.60. The van der Waals surface area contributed by atoms with Gasteiger partial charge in [-0.05, 0) is 12.8 Å². The maximum atomic E-state index is 13.1. The molecule has 1 aliphatic heterocycles. The number of amides is 1. The fourth-order valence-electron chi connectivity index (χ4n) is 9.64. The third-order valence-corrected chi connectivity index (χ3v) is 14.2. The van der Waals surface area contributed by atoms with Crippen molar-refractivity contribution in [3.05, 3.63) is 0 Å². The van der Waals surface area contributed by atoms with Gasteiger partial charge < -0.3 is 40.3 Å². The highest BCUT2D eigenvalue weighted by Gasteiger charge is 2.44. The van der Waals surface area contributed by atoms with Crippen molar-refractivity contribution in [3.8, 4) is 0 Å². The number of carbonyl (C=O) groups is 1. The SMILES string of the molecule is CCCCCCCCCCCCCCCCCCCCCCCCCCCCCCC(=O)NC(COC1OC(CO)C(O)C(O)C1O)C(O)CCCCCCCCCCCCCCCC. The van der Waals surface area contributed by atoms with Crippen LogP contribution in [-0.2, 0) is 14.3 Å². The minimum atomic E-state index is -1.55. The monoisotopic (exact) mass is 926 g/mol. The molecular formula is C56H111NO8. The summed E-state index contributed by atoms with van der Waals surface area (Å²) in [4.78, 5) is 13.1. The number of carbonyl (C=O) groups excluding carboxylic acids is 1. The van der Waals surface area contributed by atoms with E-state index in [1.54, 1.807) is 0 Å². The number of ether oxygens (including phenoxy) is 2. The summed E-state index contributed by atoms with van der Waals surface area (Å²) in [7, 11) is 0. The van der Waals surface area contributed by atoms with Crippen molar-refractivity contribution in [2.45, 2.75) is 339 Å². The third-order valence-electron chi connectivity index (χ3n) is 14.2. The fourth-order valence-corrected chi connectivity index (χ4v) is 9.64. The van der Waals surface area contributed by atoms with E-state index in [4.69, 9.17) is 9.47 Å². The highest BCUT2D eigenvalue weighted by Crippen LogP contribution is 2.23. The number of rotatable bonds is 50. The van der Waals surface area contributed by atoms with Gasteiger partial charge in [0.25, 0.3) is 0 Å². The molecule has 0 radical (unpaired) electrons. The first-order valence-electron chi connectivity index (χ1n) is 28.7. The first kappa shape index (κ1) is 62.2. The average Bonchev–Trinajstić information content (AvgIpc) is 3.31. The first-order valence-corrected chi connectivity index (χ1v) is 28.7. The van der Waals surface area contributed by atoms with E-state index in [1.807, 2.05) is 0 Å². The Morgan fingerprint density at radius 1 is 0.462 bits per heavy atom. The predicted octanol–water partition coefficient (Wildman–Crippen LogP) is 13.9. The summed E-state index contributed by atoms with van der Waals surface area (Å²) in [6, 6.07) is -0.712. The van der Waals surface area contributed by atoms with Crippen molar-refractivity contribution in [2.24, 2.45) is 0 Å². The van der Waals surface area contributed by atoms with Gasteiger partial charge in [0, 0.05) is 6.42 Å². The smallest absolute Gasteiger partial charge is 0.220 e. The number of nitrogens with one attached hydrogen (secondary N) is 1. The highest BCUT2D eigenvalue weighted by atomic mass is 16.7. The summed E-state index contributed by atoms with van der Waals surface area (Å²) in [6.07, 6.45) is 48.5. The lowest BCUT2D eigenvalue weighted by atomic mass is 9.99. The molecule has 0 aromatic heterocycles. The van der Waals surface area contributed by atoms with Crippen LogP contribution in [0.25, 0.3) is 0 Å². The normalized spacial score (nSPS) is 19.8. The lowest BCUT2D eigenvalue weighted by Gasteiger charge is -2.40. The standard InChI is InChI=1S/C56H111NO8/c1-3-5-7-9-11-13-15-17-19-20-21-22-23-24-25-26-27-28-29-30-31-32-34-36-38-40-42-44-46-52(60)57-49(48-64-56-55(63)54(62)53(61)51(47-58)65-56)50(59)45-43-41-39-37-35-33-18-16-14-12-10-8-6-4-2/h49-51,53-56,58-59,61-63H,3-48H2,1-2H3,(H,57,60). The van der Waals surface area contributed by atoms with Crippen molar-refractivity contribution >= 4 is 5.91 Å². The Morgan fingerprint density at radius 2 is 0.769 bits per heavy atom. The molecule has 9 nitrogen and oxygen atoms in total. The molecule has 388 valence electrons. The number of unbranched alkanes of at least 4 members (excludes halogenated alkanes) is 40. The second-order valence-corrected chi connectivity index (χ2v) is 20.5. The highest BCUT2D eigenvalue weighted by molar-refractivity contribution is 5.76. The van der Waals surface area contributed by atoms with Crippen molar-refractivity contribution < 1.29 is 39.8 Å². The second-order valence-electron chi connectivity index (χ2n) is 20.5. The minimum Gasteiger partial charge on any atom is -0.394 e. The molecule has 7 atom stereocenters. The van der Waals surface area contributed by atoms with Gasteiger partial charge in [-0.2, -0.15) is 0 Å². The Kier molecular flexibility index (Phi) is 44.9. The molecule has 1 fully saturated rings. The number of hydrogen-bond acceptors (Lipinski definition) is 8. The Bertz CT molecular complexity index is 986. The quantitative estimate of drug-likeness (QED) is 0.0330. The number of hydrogen-bond donors (Lipinski definition) is 6. The molecule has 1 aliphatic rings. The van der Waals surface area contributed by atoms with Crippen LogP contribution in [0.4, 0.5) is 0 Å². The molecule has 0 spiro atoms. The molecule has 6 N–H and O–H groups in total. The average molecular weight is 927 g/mol. The van der Waals surface area contributed by atoms with Gasteiger partial charge in [-0.1, -0.05) is 277 Å². The van der Waals surface area contributed by atoms with Gasteiger partial charge in [-0.25, -0.2) is 0 Å². The van der Waals surface area contributed by atoms with Crippen molar-refractivity contribution in [2.75, 3.05) is 13.2 Å². The molecule has 1 saturated heterocycles. The Hall–Kier alpha value is -0.810. The summed E-state index contributed by atoms with van der Waals surface area (Å²) < 4.78 is 11.3. The topological polar surface area (TPSA) is 149 Å². The number of aliphatic hydroxyl groups is 5. The zero-order chi connectivity index (χ0) is 47.3. The van der Waals surface area contributed by atoms with Crippen LogP contribution in [0.1, 0.15) is 296 Å². The van der Waals surface area contributed by atoms with E-state index in [2.05, 4.69) is 19.2 Å². The fraction of sp³-hybridized carbons (Fsp3) is 0.982. The number of aliphatic hydroxyl groups excluding tert-OH is 5. The van der Waals surface area contributed by atoms with Crippen LogP contribution in [0.5, 0.6) is 0 Å². The molecule has 0 aliphatic carbocycles. The van der Waals surface area contributed by atoms with E-state index in [0.717, 1.165) is 38.5 Å². The van der Waals surface area contributed by atoms with Crippen LogP contribution in [0.3, 0.4) is 0 Å². The molecule has 9 heteroatoms. The van der Waals surface area contributed by atoms with Crippen LogP contribution in [-0.4, -0.2) is 87.5 Å². The van der Waals surface area contributed by atoms with Gasteiger partial charge in [-0.15, -0.1) is 0 Å². The van der Waals surface area contributed by atoms with Crippen molar-refractivity contribution in [3.63, 3.8) is 0 Å². The lowest BCUT2D eigenvalue weighted by molar-refractivity contribution is -0.302. The minimum absolute atomic E-state index is 0.131. The van der Waals surface area contributed by atoms with Gasteiger partial charge in [0.05, 0.1) is 25.4 Å². The van der Waals surface area contributed by atoms with E-state index in [0.29, 0.717) is 12.8 Å². The summed E-state index contributed by atoms with van der Waals surface area (Å²) >= 11 is 0. The molecule has 0 aromatic carbocycles. The summed E-state index contributed by atoms with van der Waals surface area (Å²) in [5, 5.41) is 54.6. The predicted molar refractivity (Wildman–Crippen MR) is 272 cm³/mol. The van der Waals surface area contributed by atoms with Gasteiger partial charge in [0.2, 0.25) is 5.91 Å². The zero-order valence-corrected chi connectivity index (χ0v) is 43.0. The second kappa shape index (κ2) is 46.9. The van der Waals surface area contributed by atoms with E-state index >= 15 is 0 Å².